The van der Waals surface area contributed by atoms with Crippen LogP contribution in [-0.4, -0.2) is 32.0 Å². The predicted octanol–water partition coefficient (Wildman–Crippen LogP) is 0.910. The molecule has 1 saturated heterocycles. The van der Waals surface area contributed by atoms with E-state index in [1.807, 2.05) is 6.92 Å². The van der Waals surface area contributed by atoms with Crippen molar-refractivity contribution in [2.75, 3.05) is 13.7 Å². The van der Waals surface area contributed by atoms with Crippen molar-refractivity contribution in [3.8, 4) is 0 Å². The van der Waals surface area contributed by atoms with E-state index in [1.165, 1.54) is 7.11 Å². The second kappa shape index (κ2) is 4.30. The zero-order chi connectivity index (χ0) is 8.97. The van der Waals surface area contributed by atoms with Crippen LogP contribution in [0.5, 0.6) is 0 Å². The lowest BCUT2D eigenvalue weighted by Gasteiger charge is -2.27. The quantitative estimate of drug-likeness (QED) is 0.641. The topological polar surface area (TPSA) is 47.6 Å². The van der Waals surface area contributed by atoms with E-state index < -0.39 is 0 Å². The number of hydrogen-bond donors (Lipinski definition) is 1. The molecule has 0 aromatic carbocycles. The van der Waals surface area contributed by atoms with Crippen molar-refractivity contribution in [2.45, 2.75) is 31.9 Å². The van der Waals surface area contributed by atoms with Gasteiger partial charge in [-0.3, -0.25) is 0 Å². The maximum absolute atomic E-state index is 10.8. The summed E-state index contributed by atoms with van der Waals surface area (Å²) in [4.78, 5) is 10.8. The molecule has 1 aliphatic rings. The van der Waals surface area contributed by atoms with Crippen LogP contribution < -0.4 is 5.32 Å². The zero-order valence-corrected chi connectivity index (χ0v) is 7.50. The summed E-state index contributed by atoms with van der Waals surface area (Å²) in [7, 11) is 1.37. The van der Waals surface area contributed by atoms with Crippen LogP contribution >= 0.6 is 0 Å². The van der Waals surface area contributed by atoms with Gasteiger partial charge in [-0.15, -0.1) is 0 Å². The van der Waals surface area contributed by atoms with Crippen LogP contribution in [0, 0.1) is 0 Å². The Labute approximate surface area is 72.2 Å². The summed E-state index contributed by atoms with van der Waals surface area (Å²) in [5, 5.41) is 2.76. The van der Waals surface area contributed by atoms with Gasteiger partial charge in [0.25, 0.3) is 0 Å². The molecule has 0 spiro atoms. The summed E-state index contributed by atoms with van der Waals surface area (Å²) in [6.45, 7) is 2.72. The molecule has 1 aliphatic heterocycles. The molecule has 1 heterocycles. The van der Waals surface area contributed by atoms with E-state index in [0.29, 0.717) is 0 Å². The van der Waals surface area contributed by atoms with Gasteiger partial charge >= 0.3 is 6.09 Å². The average Bonchev–Trinajstić information content (AvgIpc) is 2.04. The maximum Gasteiger partial charge on any atom is 0.407 e. The highest BCUT2D eigenvalue weighted by Gasteiger charge is 2.20. The second-order valence-electron chi connectivity index (χ2n) is 3.04. The Hall–Kier alpha value is -0.770. The minimum absolute atomic E-state index is 0.209. The molecule has 0 aromatic rings. The summed E-state index contributed by atoms with van der Waals surface area (Å²) in [5.41, 5.74) is 0. The van der Waals surface area contributed by atoms with Gasteiger partial charge in [0.05, 0.1) is 13.2 Å². The molecule has 0 radical (unpaired) electrons. The minimum Gasteiger partial charge on any atom is -0.453 e. The highest BCUT2D eigenvalue weighted by molar-refractivity contribution is 5.67. The van der Waals surface area contributed by atoms with Crippen LogP contribution in [0.15, 0.2) is 0 Å². The largest absolute Gasteiger partial charge is 0.453 e. The lowest BCUT2D eigenvalue weighted by atomic mass is 10.1. The Morgan fingerprint density at radius 2 is 2.42 bits per heavy atom. The van der Waals surface area contributed by atoms with Gasteiger partial charge in [0.15, 0.2) is 0 Å². The lowest BCUT2D eigenvalue weighted by molar-refractivity contribution is 0.0136. The first-order valence-corrected chi connectivity index (χ1v) is 4.18. The van der Waals surface area contributed by atoms with Crippen molar-refractivity contribution in [2.24, 2.45) is 0 Å². The fraction of sp³-hybridized carbons (Fsp3) is 0.875. The third-order valence-corrected chi connectivity index (χ3v) is 1.99. The molecule has 1 fully saturated rings. The zero-order valence-electron chi connectivity index (χ0n) is 7.50. The summed E-state index contributed by atoms with van der Waals surface area (Å²) in [6.07, 6.45) is 1.63. The van der Waals surface area contributed by atoms with Crippen molar-refractivity contribution in [3.63, 3.8) is 0 Å². The first-order valence-electron chi connectivity index (χ1n) is 4.18. The third kappa shape index (κ3) is 2.70. The van der Waals surface area contributed by atoms with Crippen LogP contribution in [0.1, 0.15) is 19.8 Å². The Morgan fingerprint density at radius 1 is 1.67 bits per heavy atom. The molecule has 12 heavy (non-hydrogen) atoms. The summed E-state index contributed by atoms with van der Waals surface area (Å²) in [5.74, 6) is 0. The van der Waals surface area contributed by atoms with Crippen molar-refractivity contribution in [1.82, 2.24) is 5.32 Å². The highest BCUT2D eigenvalue weighted by atomic mass is 16.5. The monoisotopic (exact) mass is 173 g/mol. The Balaban J connectivity index is 2.27. The number of rotatable bonds is 1. The molecule has 2 atom stereocenters. The van der Waals surface area contributed by atoms with E-state index in [4.69, 9.17) is 4.74 Å². The number of ether oxygens (including phenoxy) is 2. The minimum atomic E-state index is -0.353. The van der Waals surface area contributed by atoms with Crippen molar-refractivity contribution in [1.29, 1.82) is 0 Å². The summed E-state index contributed by atoms with van der Waals surface area (Å²) in [6, 6.07) is 0.209. The van der Waals surface area contributed by atoms with Crippen molar-refractivity contribution in [3.05, 3.63) is 0 Å². The van der Waals surface area contributed by atoms with Crippen molar-refractivity contribution >= 4 is 6.09 Å². The Kier molecular flexibility index (Phi) is 3.34. The van der Waals surface area contributed by atoms with Crippen LogP contribution in [0.3, 0.4) is 0 Å². The summed E-state index contributed by atoms with van der Waals surface area (Å²) >= 11 is 0. The first-order chi connectivity index (χ1) is 5.72. The number of hydrogen-bond acceptors (Lipinski definition) is 3. The fourth-order valence-corrected chi connectivity index (χ4v) is 1.35. The molecule has 0 saturated carbocycles. The third-order valence-electron chi connectivity index (χ3n) is 1.99. The van der Waals surface area contributed by atoms with Crippen LogP contribution in [0.4, 0.5) is 4.79 Å². The van der Waals surface area contributed by atoms with Gasteiger partial charge in [-0.25, -0.2) is 4.79 Å². The number of amides is 1. The number of nitrogens with one attached hydrogen (secondary N) is 1. The molecule has 0 aromatic heterocycles. The molecule has 1 amide bonds. The molecule has 1 N–H and O–H groups in total. The molecule has 1 rings (SSSR count). The Bertz CT molecular complexity index is 160. The summed E-state index contributed by atoms with van der Waals surface area (Å²) < 4.78 is 9.83. The van der Waals surface area contributed by atoms with Gasteiger partial charge < -0.3 is 14.8 Å². The van der Waals surface area contributed by atoms with E-state index in [-0.39, 0.29) is 18.2 Å². The van der Waals surface area contributed by atoms with Crippen LogP contribution in [0.25, 0.3) is 0 Å². The van der Waals surface area contributed by atoms with E-state index in [2.05, 4.69) is 10.1 Å². The van der Waals surface area contributed by atoms with Crippen LogP contribution in [-0.2, 0) is 9.47 Å². The van der Waals surface area contributed by atoms with E-state index in [1.54, 1.807) is 0 Å². The van der Waals surface area contributed by atoms with Gasteiger partial charge in [-0.2, -0.15) is 0 Å². The highest BCUT2D eigenvalue weighted by Crippen LogP contribution is 2.12. The molecule has 4 nitrogen and oxygen atoms in total. The van der Waals surface area contributed by atoms with Gasteiger partial charge in [0, 0.05) is 12.6 Å². The van der Waals surface area contributed by atoms with Gasteiger partial charge in [-0.1, -0.05) is 0 Å². The van der Waals surface area contributed by atoms with E-state index >= 15 is 0 Å². The molecular formula is C8H15NO3. The van der Waals surface area contributed by atoms with Gasteiger partial charge in [-0.05, 0) is 19.8 Å². The SMILES string of the molecule is COC(=O)NC1CCOC(C)C1. The Morgan fingerprint density at radius 3 is 3.00 bits per heavy atom. The smallest absolute Gasteiger partial charge is 0.407 e. The first kappa shape index (κ1) is 9.32. The van der Waals surface area contributed by atoms with Gasteiger partial charge in [0.1, 0.15) is 0 Å². The molecule has 4 heteroatoms. The molecular weight excluding hydrogens is 158 g/mol. The van der Waals surface area contributed by atoms with Crippen molar-refractivity contribution < 1.29 is 14.3 Å². The number of carbonyl (C=O) groups is 1. The normalized spacial score (nSPS) is 29.5. The van der Waals surface area contributed by atoms with E-state index in [9.17, 15) is 4.79 Å². The number of carbonyl (C=O) groups excluding carboxylic acids is 1. The molecule has 0 bridgehead atoms. The lowest BCUT2D eigenvalue weighted by Crippen LogP contribution is -2.41. The maximum atomic E-state index is 10.8. The van der Waals surface area contributed by atoms with Gasteiger partial charge in [0.2, 0.25) is 0 Å². The molecule has 70 valence electrons. The predicted molar refractivity (Wildman–Crippen MR) is 44.0 cm³/mol. The van der Waals surface area contributed by atoms with E-state index in [0.717, 1.165) is 19.4 Å². The fourth-order valence-electron chi connectivity index (χ4n) is 1.35. The van der Waals surface area contributed by atoms with Crippen LogP contribution in [0.2, 0.25) is 0 Å². The standard InChI is InChI=1S/C8H15NO3/c1-6-5-7(3-4-12-6)9-8(10)11-2/h6-7H,3-5H2,1-2H3,(H,9,10). The second-order valence-corrected chi connectivity index (χ2v) is 3.04. The number of alkyl carbamates (subject to hydrolysis) is 1. The molecule has 0 aliphatic carbocycles. The number of methoxy groups -OCH3 is 1. The molecule has 2 unspecified atom stereocenters. The average molecular weight is 173 g/mol.